The highest BCUT2D eigenvalue weighted by molar-refractivity contribution is 7.90. The third kappa shape index (κ3) is 5.75. The number of amides is 1. The number of allylic oxidation sites excluding steroid dienone is 1. The van der Waals surface area contributed by atoms with E-state index in [0.29, 0.717) is 5.57 Å². The molecule has 0 radical (unpaired) electrons. The van der Waals surface area contributed by atoms with Gasteiger partial charge < -0.3 is 5.32 Å². The van der Waals surface area contributed by atoms with E-state index in [1.165, 1.54) is 0 Å². The first kappa shape index (κ1) is 13.2. The average molecular weight is 219 g/mol. The number of carbonyl (C=O) groups excluding carboxylic acids is 1. The molecule has 0 unspecified atom stereocenters. The average Bonchev–Trinajstić information content (AvgIpc) is 2.00. The number of rotatable bonds is 4. The molecule has 5 heteroatoms. The van der Waals surface area contributed by atoms with Gasteiger partial charge in [-0.2, -0.15) is 0 Å². The Balaban J connectivity index is 4.07. The molecule has 0 bridgehead atoms. The summed E-state index contributed by atoms with van der Waals surface area (Å²) < 4.78 is 21.5. The molecule has 0 aromatic heterocycles. The molecule has 0 heterocycles. The second-order valence-electron chi connectivity index (χ2n) is 3.51. The van der Waals surface area contributed by atoms with Crippen LogP contribution in [0.2, 0.25) is 0 Å². The van der Waals surface area contributed by atoms with Gasteiger partial charge in [0.1, 0.15) is 9.84 Å². The first-order valence-electron chi connectivity index (χ1n) is 4.34. The van der Waals surface area contributed by atoms with Gasteiger partial charge in [0.25, 0.3) is 0 Å². The molecule has 0 saturated carbocycles. The molecule has 0 aliphatic rings. The first-order valence-corrected chi connectivity index (χ1v) is 6.40. The van der Waals surface area contributed by atoms with Crippen LogP contribution in [0.15, 0.2) is 11.1 Å². The summed E-state index contributed by atoms with van der Waals surface area (Å²) in [6, 6.07) is 0. The van der Waals surface area contributed by atoms with Crippen molar-refractivity contribution < 1.29 is 13.2 Å². The van der Waals surface area contributed by atoms with Gasteiger partial charge in [0.15, 0.2) is 0 Å². The van der Waals surface area contributed by atoms with Crippen molar-refractivity contribution in [2.24, 2.45) is 0 Å². The van der Waals surface area contributed by atoms with Crippen LogP contribution in [0.4, 0.5) is 0 Å². The fourth-order valence-electron chi connectivity index (χ4n) is 0.710. The lowest BCUT2D eigenvalue weighted by Crippen LogP contribution is -2.29. The minimum absolute atomic E-state index is 0.0191. The second kappa shape index (κ2) is 5.14. The minimum atomic E-state index is -3.00. The predicted octanol–water partition coefficient (Wildman–Crippen LogP) is 0.504. The molecule has 0 aromatic rings. The van der Waals surface area contributed by atoms with Gasteiger partial charge in [-0.1, -0.05) is 5.57 Å². The molecule has 0 spiro atoms. The lowest BCUT2D eigenvalue weighted by Gasteiger charge is -2.05. The molecular formula is C9H17NO3S. The third-order valence-electron chi connectivity index (χ3n) is 1.85. The summed E-state index contributed by atoms with van der Waals surface area (Å²) in [4.78, 5) is 11.3. The zero-order valence-corrected chi connectivity index (χ0v) is 9.86. The molecule has 82 valence electrons. The van der Waals surface area contributed by atoms with Gasteiger partial charge in [-0.25, -0.2) is 8.42 Å². The maximum absolute atomic E-state index is 11.3. The summed E-state index contributed by atoms with van der Waals surface area (Å²) in [7, 11) is -3.00. The SMILES string of the molecule is CC(C)=C(C)C(=O)NCCS(C)(=O)=O. The number of nitrogens with one attached hydrogen (secondary N) is 1. The van der Waals surface area contributed by atoms with Crippen molar-refractivity contribution in [3.8, 4) is 0 Å². The standard InChI is InChI=1S/C9H17NO3S/c1-7(2)8(3)9(11)10-5-6-14(4,12)13/h5-6H2,1-4H3,(H,10,11). The van der Waals surface area contributed by atoms with E-state index < -0.39 is 9.84 Å². The highest BCUT2D eigenvalue weighted by Gasteiger charge is 2.06. The Kier molecular flexibility index (Phi) is 4.83. The molecule has 4 nitrogen and oxygen atoms in total. The van der Waals surface area contributed by atoms with Gasteiger partial charge >= 0.3 is 0 Å². The number of hydrogen-bond acceptors (Lipinski definition) is 3. The lowest BCUT2D eigenvalue weighted by atomic mass is 10.2. The van der Waals surface area contributed by atoms with E-state index in [4.69, 9.17) is 0 Å². The Labute approximate surface area is 85.3 Å². The van der Waals surface area contributed by atoms with E-state index in [9.17, 15) is 13.2 Å². The van der Waals surface area contributed by atoms with E-state index in [0.717, 1.165) is 11.8 Å². The number of hydrogen-bond donors (Lipinski definition) is 1. The van der Waals surface area contributed by atoms with Crippen LogP contribution >= 0.6 is 0 Å². The highest BCUT2D eigenvalue weighted by atomic mass is 32.2. The van der Waals surface area contributed by atoms with E-state index in [2.05, 4.69) is 5.32 Å². The van der Waals surface area contributed by atoms with Crippen LogP contribution in [0.1, 0.15) is 20.8 Å². The number of sulfone groups is 1. The summed E-state index contributed by atoms with van der Waals surface area (Å²) in [5.74, 6) is -0.219. The molecule has 0 atom stereocenters. The number of carbonyl (C=O) groups is 1. The van der Waals surface area contributed by atoms with Crippen LogP contribution in [0, 0.1) is 0 Å². The zero-order chi connectivity index (χ0) is 11.4. The van der Waals surface area contributed by atoms with Crippen LogP contribution < -0.4 is 5.32 Å². The predicted molar refractivity (Wildman–Crippen MR) is 56.8 cm³/mol. The van der Waals surface area contributed by atoms with Crippen molar-refractivity contribution in [3.63, 3.8) is 0 Å². The van der Waals surface area contributed by atoms with Gasteiger partial charge in [0.2, 0.25) is 5.91 Å². The summed E-state index contributed by atoms with van der Waals surface area (Å²) in [5.41, 5.74) is 1.57. The van der Waals surface area contributed by atoms with E-state index in [1.54, 1.807) is 6.92 Å². The Morgan fingerprint density at radius 1 is 1.21 bits per heavy atom. The van der Waals surface area contributed by atoms with Crippen molar-refractivity contribution in [2.75, 3.05) is 18.6 Å². The van der Waals surface area contributed by atoms with Gasteiger partial charge in [0, 0.05) is 18.4 Å². The molecule has 0 aliphatic carbocycles. The molecular weight excluding hydrogens is 202 g/mol. The molecule has 0 rings (SSSR count). The molecule has 0 aromatic carbocycles. The van der Waals surface area contributed by atoms with Crippen molar-refractivity contribution in [2.45, 2.75) is 20.8 Å². The van der Waals surface area contributed by atoms with Crippen LogP contribution in [0.25, 0.3) is 0 Å². The van der Waals surface area contributed by atoms with Crippen molar-refractivity contribution in [1.82, 2.24) is 5.32 Å². The highest BCUT2D eigenvalue weighted by Crippen LogP contribution is 2.00. The Hall–Kier alpha value is -0.840. The van der Waals surface area contributed by atoms with E-state index in [-0.39, 0.29) is 18.2 Å². The Morgan fingerprint density at radius 3 is 2.07 bits per heavy atom. The quantitative estimate of drug-likeness (QED) is 0.700. The van der Waals surface area contributed by atoms with Crippen LogP contribution in [-0.2, 0) is 14.6 Å². The largest absolute Gasteiger partial charge is 0.351 e. The summed E-state index contributed by atoms with van der Waals surface area (Å²) in [6.07, 6.45) is 1.15. The molecule has 14 heavy (non-hydrogen) atoms. The molecule has 1 N–H and O–H groups in total. The normalized spacial score (nSPS) is 10.9. The molecule has 0 saturated heterocycles. The Bertz CT molecular complexity index is 337. The first-order chi connectivity index (χ1) is 6.24. The summed E-state index contributed by atoms with van der Waals surface area (Å²) in [5, 5.41) is 2.54. The van der Waals surface area contributed by atoms with Gasteiger partial charge in [-0.3, -0.25) is 4.79 Å². The third-order valence-corrected chi connectivity index (χ3v) is 2.79. The second-order valence-corrected chi connectivity index (χ2v) is 5.77. The van der Waals surface area contributed by atoms with Crippen LogP contribution in [0.5, 0.6) is 0 Å². The van der Waals surface area contributed by atoms with Gasteiger partial charge in [-0.05, 0) is 20.8 Å². The Morgan fingerprint density at radius 2 is 1.71 bits per heavy atom. The maximum Gasteiger partial charge on any atom is 0.246 e. The van der Waals surface area contributed by atoms with E-state index >= 15 is 0 Å². The zero-order valence-electron chi connectivity index (χ0n) is 9.05. The van der Waals surface area contributed by atoms with Crippen molar-refractivity contribution in [1.29, 1.82) is 0 Å². The maximum atomic E-state index is 11.3. The lowest BCUT2D eigenvalue weighted by molar-refractivity contribution is -0.117. The van der Waals surface area contributed by atoms with Gasteiger partial charge in [-0.15, -0.1) is 0 Å². The fraction of sp³-hybridized carbons (Fsp3) is 0.667. The van der Waals surface area contributed by atoms with Gasteiger partial charge in [0.05, 0.1) is 5.75 Å². The van der Waals surface area contributed by atoms with Crippen LogP contribution in [0.3, 0.4) is 0 Å². The van der Waals surface area contributed by atoms with Crippen LogP contribution in [-0.4, -0.2) is 32.9 Å². The van der Waals surface area contributed by atoms with Crippen molar-refractivity contribution in [3.05, 3.63) is 11.1 Å². The fourth-order valence-corrected chi connectivity index (χ4v) is 1.18. The van der Waals surface area contributed by atoms with Crippen molar-refractivity contribution >= 4 is 15.7 Å². The molecule has 0 aliphatic heterocycles. The minimum Gasteiger partial charge on any atom is -0.351 e. The molecule has 0 fully saturated rings. The monoisotopic (exact) mass is 219 g/mol. The topological polar surface area (TPSA) is 63.2 Å². The summed E-state index contributed by atoms with van der Waals surface area (Å²) >= 11 is 0. The smallest absolute Gasteiger partial charge is 0.246 e. The van der Waals surface area contributed by atoms with E-state index in [1.807, 2.05) is 13.8 Å². The summed E-state index contributed by atoms with van der Waals surface area (Å²) in [6.45, 7) is 5.56. The molecule has 1 amide bonds.